The molecule has 0 saturated heterocycles. The minimum atomic E-state index is -4.81. The smallest absolute Gasteiger partial charge is 0.423 e. The Bertz CT molecular complexity index is 2790. The molecule has 2 aliphatic rings. The van der Waals surface area contributed by atoms with E-state index in [1.807, 2.05) is 0 Å². The second-order valence-corrected chi connectivity index (χ2v) is 14.9. The highest BCUT2D eigenvalue weighted by molar-refractivity contribution is 6.20. The number of hydrogen-bond acceptors (Lipinski definition) is 12. The molecule has 0 fully saturated rings. The van der Waals surface area contributed by atoms with Crippen molar-refractivity contribution in [3.8, 4) is 34.5 Å². The Kier molecular flexibility index (Phi) is 12.8. The Hall–Kier alpha value is -7.91. The van der Waals surface area contributed by atoms with Crippen LogP contribution in [0.2, 0.25) is 0 Å². The van der Waals surface area contributed by atoms with E-state index >= 15 is 0 Å². The summed E-state index contributed by atoms with van der Waals surface area (Å²) in [4.78, 5) is 48.9. The summed E-state index contributed by atoms with van der Waals surface area (Å²) >= 11 is 0. The summed E-state index contributed by atoms with van der Waals surface area (Å²) in [5.41, 5.74) is -3.14. The van der Waals surface area contributed by atoms with Crippen LogP contribution in [0.5, 0.6) is 11.5 Å². The number of carbonyl (C=O) groups excluding carboxylic acids is 3. The van der Waals surface area contributed by atoms with Crippen molar-refractivity contribution in [1.29, 1.82) is 0 Å². The molecule has 6 aromatic rings. The fourth-order valence-electron chi connectivity index (χ4n) is 6.32. The van der Waals surface area contributed by atoms with Gasteiger partial charge in [0.25, 0.3) is 11.8 Å². The van der Waals surface area contributed by atoms with Crippen LogP contribution < -0.4 is 19.7 Å². The van der Waals surface area contributed by atoms with E-state index in [2.05, 4.69) is 35.7 Å². The molecule has 0 aliphatic carbocycles. The molecule has 4 aromatic heterocycles. The van der Waals surface area contributed by atoms with Crippen molar-refractivity contribution in [3.63, 3.8) is 0 Å². The molecule has 3 amide bonds. The zero-order valence-corrected chi connectivity index (χ0v) is 34.5. The van der Waals surface area contributed by atoms with Gasteiger partial charge in [0.05, 0.1) is 22.3 Å². The highest BCUT2D eigenvalue weighted by atomic mass is 19.4. The zero-order chi connectivity index (χ0) is 46.5. The van der Waals surface area contributed by atoms with Crippen LogP contribution in [0.1, 0.15) is 52.6 Å². The molecule has 2 aromatic carbocycles. The molecular weight excluding hydrogens is 867 g/mol. The normalized spacial score (nSPS) is 15.3. The van der Waals surface area contributed by atoms with Gasteiger partial charge in [0.1, 0.15) is 66.0 Å². The van der Waals surface area contributed by atoms with Crippen LogP contribution in [0.15, 0.2) is 110 Å². The number of pyridine rings is 2. The number of benzene rings is 2. The molecule has 4 bridgehead atoms. The average molecular weight is 903 g/mol. The molecule has 2 aliphatic heterocycles. The predicted octanol–water partition coefficient (Wildman–Crippen LogP) is 8.45. The van der Waals surface area contributed by atoms with Crippen molar-refractivity contribution in [1.82, 2.24) is 39.5 Å². The van der Waals surface area contributed by atoms with E-state index in [0.717, 1.165) is 30.3 Å². The topological polar surface area (TPSA) is 181 Å². The number of fused-ring (bicyclic) bond motifs is 10. The van der Waals surface area contributed by atoms with E-state index in [-0.39, 0.29) is 42.7 Å². The van der Waals surface area contributed by atoms with E-state index in [1.165, 1.54) is 43.0 Å². The molecule has 0 atom stereocenters. The molecule has 6 heterocycles. The molecule has 65 heavy (non-hydrogen) atoms. The first-order valence-electron chi connectivity index (χ1n) is 19.4. The predicted molar refractivity (Wildman–Crippen MR) is 220 cm³/mol. The Morgan fingerprint density at radius 2 is 1.17 bits per heavy atom. The van der Waals surface area contributed by atoms with Crippen LogP contribution in [0, 0.1) is 0 Å². The number of para-hydroxylation sites is 2. The zero-order valence-electron chi connectivity index (χ0n) is 34.5. The second kappa shape index (κ2) is 18.4. The van der Waals surface area contributed by atoms with Gasteiger partial charge in [0.15, 0.2) is 11.6 Å². The molecule has 16 nitrogen and oxygen atoms in total. The first-order chi connectivity index (χ1) is 30.9. The van der Waals surface area contributed by atoms with Gasteiger partial charge >= 0.3 is 18.4 Å². The van der Waals surface area contributed by atoms with Crippen LogP contribution >= 0.6 is 0 Å². The van der Waals surface area contributed by atoms with Gasteiger partial charge in [-0.05, 0) is 81.5 Å². The summed E-state index contributed by atoms with van der Waals surface area (Å²) in [6.45, 7) is 5.03. The number of rotatable bonds is 0. The van der Waals surface area contributed by atoms with Gasteiger partial charge in [-0.2, -0.15) is 31.2 Å². The van der Waals surface area contributed by atoms with Gasteiger partial charge in [-0.3, -0.25) is 9.59 Å². The van der Waals surface area contributed by atoms with E-state index in [4.69, 9.17) is 14.2 Å². The monoisotopic (exact) mass is 902 g/mol. The summed E-state index contributed by atoms with van der Waals surface area (Å²) < 4.78 is 101. The summed E-state index contributed by atoms with van der Waals surface area (Å²) in [6, 6.07) is 15.7. The lowest BCUT2D eigenvalue weighted by Crippen LogP contribution is -2.42. The van der Waals surface area contributed by atoms with Gasteiger partial charge < -0.3 is 28.7 Å². The number of carbonyl (C=O) groups is 3. The van der Waals surface area contributed by atoms with Crippen LogP contribution in [-0.4, -0.2) is 76.2 Å². The summed E-state index contributed by atoms with van der Waals surface area (Å²) in [5, 5.41) is 18.4. The fourth-order valence-corrected chi connectivity index (χ4v) is 6.32. The fraction of sp³-hybridized carbons (Fsp3) is 0.233. The molecule has 0 unspecified atom stereocenters. The Labute approximate surface area is 365 Å². The average Bonchev–Trinajstić information content (AvgIpc) is 3.92. The Morgan fingerprint density at radius 1 is 0.662 bits per heavy atom. The largest absolute Gasteiger partial charge is 0.488 e. The molecule has 22 heteroatoms. The van der Waals surface area contributed by atoms with Crippen molar-refractivity contribution in [2.45, 2.75) is 51.8 Å². The quantitative estimate of drug-likeness (QED) is 0.114. The van der Waals surface area contributed by atoms with Gasteiger partial charge in [-0.15, -0.1) is 20.4 Å². The van der Waals surface area contributed by atoms with Crippen molar-refractivity contribution < 1.29 is 54.9 Å². The lowest BCUT2D eigenvalue weighted by molar-refractivity contribution is -0.139. The standard InChI is InChI=1S/C24H22F3N5O4.C19H14F3N5O2/c1-23(2,3)36-22(34)32-18-11-7-10-17(29-18)20-30-28-14-31(20)12-4-5-13-35-19-15(21(32)33)8-6-9-16(19)24(25,26)27;20-19(21,22)13-6-3-5-12-16(13)29-10-2-1-9-27-11-23-26-17(27)14-7-4-8-15(24-14)25-18(12)28/h4-11,14H,12-13H2,1-3H3;1-8,11H,9-10H2,(H,24,25,28)/b5-4+;2-1+. The SMILES string of the molecule is CC(C)(C)OC(=O)N1C(=O)c2cccc(C(F)(F)F)c2OC/C=C/Cn2cnnc2-c2cccc1n2.O=C1Nc2cccc(n2)-c2nncn2C/C=C/COc2c1cccc2C(F)(F)F. The second-order valence-electron chi connectivity index (χ2n) is 14.9. The number of hydrogen-bond donors (Lipinski definition) is 1. The highest BCUT2D eigenvalue weighted by Gasteiger charge is 2.40. The maximum absolute atomic E-state index is 13.8. The first kappa shape index (κ1) is 45.1. The maximum Gasteiger partial charge on any atom is 0.423 e. The third-order valence-electron chi connectivity index (χ3n) is 9.12. The molecule has 0 radical (unpaired) electrons. The molecule has 336 valence electrons. The highest BCUT2D eigenvalue weighted by Crippen LogP contribution is 2.40. The number of ether oxygens (including phenoxy) is 3. The van der Waals surface area contributed by atoms with Crippen LogP contribution in [0.4, 0.5) is 42.8 Å². The van der Waals surface area contributed by atoms with Crippen molar-refractivity contribution >= 4 is 29.5 Å². The van der Waals surface area contributed by atoms with Gasteiger partial charge in [-0.25, -0.2) is 14.8 Å². The van der Waals surface area contributed by atoms with Crippen LogP contribution in [0.25, 0.3) is 23.0 Å². The Balaban J connectivity index is 0.000000198. The summed E-state index contributed by atoms with van der Waals surface area (Å²) in [7, 11) is 0. The molecule has 1 N–H and O–H groups in total. The van der Waals surface area contributed by atoms with Crippen molar-refractivity contribution in [2.75, 3.05) is 23.4 Å². The van der Waals surface area contributed by atoms with E-state index in [1.54, 1.807) is 66.3 Å². The number of nitrogens with one attached hydrogen (secondary N) is 1. The van der Waals surface area contributed by atoms with Gasteiger partial charge in [0.2, 0.25) is 0 Å². The third-order valence-corrected chi connectivity index (χ3v) is 9.12. The summed E-state index contributed by atoms with van der Waals surface area (Å²) in [5.74, 6) is -2.25. The minimum Gasteiger partial charge on any atom is -0.488 e. The first-order valence-corrected chi connectivity index (χ1v) is 19.4. The summed E-state index contributed by atoms with van der Waals surface area (Å²) in [6.07, 6.45) is -1.20. The molecule has 0 saturated carbocycles. The number of alkyl halides is 6. The van der Waals surface area contributed by atoms with E-state index in [9.17, 15) is 40.7 Å². The number of allylic oxidation sites excluding steroid dienone is 2. The van der Waals surface area contributed by atoms with E-state index < -0.39 is 64.1 Å². The minimum absolute atomic E-state index is 0.144. The molecule has 0 spiro atoms. The number of anilines is 2. The van der Waals surface area contributed by atoms with Gasteiger partial charge in [0, 0.05) is 13.1 Å². The van der Waals surface area contributed by atoms with Gasteiger partial charge in [-0.1, -0.05) is 36.4 Å². The third kappa shape index (κ3) is 10.5. The lowest BCUT2D eigenvalue weighted by Gasteiger charge is -2.26. The number of aromatic nitrogens is 8. The maximum atomic E-state index is 13.8. The van der Waals surface area contributed by atoms with Crippen LogP contribution in [-0.2, 0) is 30.2 Å². The Morgan fingerprint density at radius 3 is 1.72 bits per heavy atom. The van der Waals surface area contributed by atoms with Crippen molar-refractivity contribution in [3.05, 3.63) is 132 Å². The molecular formula is C43H36F6N10O6. The van der Waals surface area contributed by atoms with E-state index in [0.29, 0.717) is 28.8 Å². The molecule has 8 rings (SSSR count). The number of nitrogens with zero attached hydrogens (tertiary/aromatic N) is 9. The van der Waals surface area contributed by atoms with Crippen molar-refractivity contribution in [2.24, 2.45) is 0 Å². The lowest BCUT2D eigenvalue weighted by atomic mass is 10.1. The number of amides is 3. The number of imide groups is 1. The number of halogens is 6. The van der Waals surface area contributed by atoms with Crippen LogP contribution in [0.3, 0.4) is 0 Å².